The molecule has 1 aliphatic rings. The number of hydrogen-bond donors (Lipinski definition) is 3. The van der Waals surface area contributed by atoms with Crippen LogP contribution in [0, 0.1) is 0 Å². The molecule has 5 rings (SSSR count). The van der Waals surface area contributed by atoms with Crippen LogP contribution in [0.3, 0.4) is 0 Å². The lowest BCUT2D eigenvalue weighted by atomic mass is 9.91. The monoisotopic (exact) mass is 439 g/mol. The van der Waals surface area contributed by atoms with Gasteiger partial charge in [-0.1, -0.05) is 36.9 Å². The number of nitrogens with zero attached hydrogens (tertiary/aromatic N) is 2. The van der Waals surface area contributed by atoms with E-state index in [1.165, 1.54) is 18.0 Å². The molecule has 7 nitrogen and oxygen atoms in total. The highest BCUT2D eigenvalue weighted by molar-refractivity contribution is 5.99. The fourth-order valence-electron chi connectivity index (χ4n) is 4.17. The quantitative estimate of drug-likeness (QED) is 0.351. The molecule has 2 aromatic heterocycles. The van der Waals surface area contributed by atoms with E-state index in [0.717, 1.165) is 54.0 Å². The topological polar surface area (TPSA) is 91.9 Å². The number of amides is 1. The largest absolute Gasteiger partial charge is 0.381 e. The molecule has 1 amide bonds. The Morgan fingerprint density at radius 1 is 1.06 bits per heavy atom. The van der Waals surface area contributed by atoms with Crippen LogP contribution in [0.4, 0.5) is 17.2 Å². The van der Waals surface area contributed by atoms with Crippen LogP contribution in [-0.4, -0.2) is 34.1 Å². The molecule has 2 aromatic carbocycles. The summed E-state index contributed by atoms with van der Waals surface area (Å²) in [5.74, 6) is 1.01. The fraction of sp³-hybridized carbons (Fsp3) is 0.192. The van der Waals surface area contributed by atoms with E-state index in [1.807, 2.05) is 24.3 Å². The summed E-state index contributed by atoms with van der Waals surface area (Å²) in [6.07, 6.45) is 4.93. The van der Waals surface area contributed by atoms with Crippen LogP contribution >= 0.6 is 0 Å². The maximum Gasteiger partial charge on any atom is 0.247 e. The SMILES string of the molecule is C=CC(=O)Nc1cccc(Nc2ncnc3[nH]c(-c4ccc(C5CCOCC5)cc4)cc23)c1. The molecule has 0 spiro atoms. The van der Waals surface area contributed by atoms with Crippen molar-refractivity contribution >= 4 is 34.1 Å². The number of aromatic nitrogens is 3. The van der Waals surface area contributed by atoms with Crippen molar-refractivity contribution in [1.82, 2.24) is 15.0 Å². The maximum absolute atomic E-state index is 11.6. The molecule has 7 heteroatoms. The van der Waals surface area contributed by atoms with E-state index in [0.29, 0.717) is 17.4 Å². The van der Waals surface area contributed by atoms with Gasteiger partial charge in [-0.25, -0.2) is 9.97 Å². The molecule has 166 valence electrons. The lowest BCUT2D eigenvalue weighted by Gasteiger charge is -2.22. The van der Waals surface area contributed by atoms with E-state index in [4.69, 9.17) is 4.74 Å². The standard InChI is InChI=1S/C26H25N5O2/c1-2-24(32)29-20-4-3-5-21(14-20)30-25-22-15-23(31-26(22)28-16-27-25)19-8-6-17(7-9-19)18-10-12-33-13-11-18/h2-9,14-16,18H,1,10-13H2,(H,29,32)(H2,27,28,30,31). The summed E-state index contributed by atoms with van der Waals surface area (Å²) in [6, 6.07) is 18.2. The molecule has 0 atom stereocenters. The van der Waals surface area contributed by atoms with Gasteiger partial charge in [0.15, 0.2) is 0 Å². The average Bonchev–Trinajstić information content (AvgIpc) is 3.30. The van der Waals surface area contributed by atoms with Crippen LogP contribution in [0.25, 0.3) is 22.3 Å². The second-order valence-electron chi connectivity index (χ2n) is 8.08. The van der Waals surface area contributed by atoms with Gasteiger partial charge in [-0.3, -0.25) is 4.79 Å². The first-order valence-corrected chi connectivity index (χ1v) is 11.0. The minimum Gasteiger partial charge on any atom is -0.381 e. The van der Waals surface area contributed by atoms with Crippen molar-refractivity contribution in [2.45, 2.75) is 18.8 Å². The third-order valence-corrected chi connectivity index (χ3v) is 5.92. The molecule has 4 aromatic rings. The minimum atomic E-state index is -0.255. The van der Waals surface area contributed by atoms with Crippen molar-refractivity contribution in [2.75, 3.05) is 23.8 Å². The van der Waals surface area contributed by atoms with Crippen LogP contribution in [0.1, 0.15) is 24.3 Å². The summed E-state index contributed by atoms with van der Waals surface area (Å²) >= 11 is 0. The normalized spacial score (nSPS) is 14.2. The van der Waals surface area contributed by atoms with Crippen LogP contribution < -0.4 is 10.6 Å². The number of aromatic amines is 1. The van der Waals surface area contributed by atoms with Crippen molar-refractivity contribution in [3.63, 3.8) is 0 Å². The summed E-state index contributed by atoms with van der Waals surface area (Å²) in [5.41, 5.74) is 5.69. The molecular formula is C26H25N5O2. The molecule has 0 bridgehead atoms. The van der Waals surface area contributed by atoms with Gasteiger partial charge in [0.05, 0.1) is 5.39 Å². The van der Waals surface area contributed by atoms with Gasteiger partial charge >= 0.3 is 0 Å². The molecule has 3 N–H and O–H groups in total. The van der Waals surface area contributed by atoms with E-state index in [9.17, 15) is 4.79 Å². The number of ether oxygens (including phenoxy) is 1. The van der Waals surface area contributed by atoms with Gasteiger partial charge in [0.2, 0.25) is 5.91 Å². The molecule has 0 saturated carbocycles. The molecule has 3 heterocycles. The van der Waals surface area contributed by atoms with Crippen LogP contribution in [0.5, 0.6) is 0 Å². The van der Waals surface area contributed by atoms with Crippen LogP contribution in [0.2, 0.25) is 0 Å². The van der Waals surface area contributed by atoms with E-state index in [-0.39, 0.29) is 5.91 Å². The number of fused-ring (bicyclic) bond motifs is 1. The lowest BCUT2D eigenvalue weighted by Crippen LogP contribution is -2.13. The highest BCUT2D eigenvalue weighted by Crippen LogP contribution is 2.31. The van der Waals surface area contributed by atoms with Gasteiger partial charge in [0, 0.05) is 30.3 Å². The smallest absolute Gasteiger partial charge is 0.247 e. The van der Waals surface area contributed by atoms with Gasteiger partial charge in [-0.05, 0) is 60.2 Å². The zero-order valence-electron chi connectivity index (χ0n) is 18.2. The van der Waals surface area contributed by atoms with Crippen molar-refractivity contribution in [2.24, 2.45) is 0 Å². The predicted molar refractivity (Wildman–Crippen MR) is 131 cm³/mol. The number of H-pyrrole nitrogens is 1. The first-order chi connectivity index (χ1) is 16.2. The number of carbonyl (C=O) groups excluding carboxylic acids is 1. The summed E-state index contributed by atoms with van der Waals surface area (Å²) < 4.78 is 5.48. The third-order valence-electron chi connectivity index (χ3n) is 5.92. The Balaban J connectivity index is 1.39. The molecule has 33 heavy (non-hydrogen) atoms. The number of carbonyl (C=O) groups is 1. The van der Waals surface area contributed by atoms with Crippen molar-refractivity contribution in [3.05, 3.63) is 79.1 Å². The predicted octanol–water partition coefficient (Wildman–Crippen LogP) is 5.39. The first-order valence-electron chi connectivity index (χ1n) is 11.0. The number of rotatable bonds is 6. The Hall–Kier alpha value is -3.97. The zero-order valence-corrected chi connectivity index (χ0v) is 18.2. The lowest BCUT2D eigenvalue weighted by molar-refractivity contribution is -0.111. The molecule has 1 saturated heterocycles. The molecule has 0 unspecified atom stereocenters. The van der Waals surface area contributed by atoms with Crippen LogP contribution in [0.15, 0.2) is 73.6 Å². The second-order valence-corrected chi connectivity index (χ2v) is 8.08. The molecule has 0 radical (unpaired) electrons. The average molecular weight is 440 g/mol. The van der Waals surface area contributed by atoms with Gasteiger partial charge < -0.3 is 20.4 Å². The number of nitrogens with one attached hydrogen (secondary N) is 3. The molecule has 1 fully saturated rings. The fourth-order valence-corrected chi connectivity index (χ4v) is 4.17. The van der Waals surface area contributed by atoms with Crippen LogP contribution in [-0.2, 0) is 9.53 Å². The Kier molecular flexibility index (Phi) is 5.87. The molecule has 1 aliphatic heterocycles. The number of hydrogen-bond acceptors (Lipinski definition) is 5. The van der Waals surface area contributed by atoms with Gasteiger partial charge in [-0.15, -0.1) is 0 Å². The Bertz CT molecular complexity index is 1290. The Labute approximate surface area is 191 Å². The number of benzene rings is 2. The molecule has 0 aliphatic carbocycles. The summed E-state index contributed by atoms with van der Waals surface area (Å²) in [7, 11) is 0. The Morgan fingerprint density at radius 2 is 1.85 bits per heavy atom. The highest BCUT2D eigenvalue weighted by atomic mass is 16.5. The minimum absolute atomic E-state index is 0.255. The maximum atomic E-state index is 11.6. The first kappa shape index (κ1) is 20.9. The van der Waals surface area contributed by atoms with Crippen molar-refractivity contribution < 1.29 is 9.53 Å². The zero-order chi connectivity index (χ0) is 22.6. The summed E-state index contributed by atoms with van der Waals surface area (Å²) in [6.45, 7) is 5.16. The van der Waals surface area contributed by atoms with Gasteiger partial charge in [0.1, 0.15) is 17.8 Å². The van der Waals surface area contributed by atoms with E-state index in [1.54, 1.807) is 0 Å². The van der Waals surface area contributed by atoms with E-state index >= 15 is 0 Å². The number of anilines is 3. The second kappa shape index (κ2) is 9.26. The summed E-state index contributed by atoms with van der Waals surface area (Å²) in [5, 5.41) is 6.99. The summed E-state index contributed by atoms with van der Waals surface area (Å²) in [4.78, 5) is 23.8. The molecular weight excluding hydrogens is 414 g/mol. The van der Waals surface area contributed by atoms with Crippen molar-refractivity contribution in [3.8, 4) is 11.3 Å². The van der Waals surface area contributed by atoms with E-state index < -0.39 is 0 Å². The van der Waals surface area contributed by atoms with E-state index in [2.05, 4.69) is 62.5 Å². The van der Waals surface area contributed by atoms with Crippen molar-refractivity contribution in [1.29, 1.82) is 0 Å². The van der Waals surface area contributed by atoms with Gasteiger partial charge in [-0.2, -0.15) is 0 Å². The van der Waals surface area contributed by atoms with Gasteiger partial charge in [0.25, 0.3) is 0 Å². The Morgan fingerprint density at radius 3 is 2.64 bits per heavy atom. The third kappa shape index (κ3) is 4.63. The highest BCUT2D eigenvalue weighted by Gasteiger charge is 2.16.